The van der Waals surface area contributed by atoms with Crippen LogP contribution in [0.25, 0.3) is 0 Å². The van der Waals surface area contributed by atoms with Crippen molar-refractivity contribution in [2.45, 2.75) is 38.2 Å². The van der Waals surface area contributed by atoms with Gasteiger partial charge in [-0.05, 0) is 37.3 Å². The van der Waals surface area contributed by atoms with Crippen molar-refractivity contribution in [1.82, 2.24) is 9.88 Å². The molecule has 1 aromatic heterocycles. The van der Waals surface area contributed by atoms with Crippen LogP contribution in [0.15, 0.2) is 24.5 Å². The Balaban J connectivity index is 1.47. The molecule has 0 unspecified atom stereocenters. The van der Waals surface area contributed by atoms with Gasteiger partial charge in [-0.1, -0.05) is 6.92 Å². The molecule has 2 saturated heterocycles. The van der Waals surface area contributed by atoms with E-state index in [1.165, 1.54) is 0 Å². The third-order valence-corrected chi connectivity index (χ3v) is 4.70. The minimum atomic E-state index is -0.109. The molecule has 5 nitrogen and oxygen atoms in total. The van der Waals surface area contributed by atoms with Crippen molar-refractivity contribution in [3.63, 3.8) is 0 Å². The van der Waals surface area contributed by atoms with Crippen LogP contribution in [-0.2, 0) is 9.53 Å². The van der Waals surface area contributed by atoms with E-state index in [2.05, 4.69) is 4.98 Å². The van der Waals surface area contributed by atoms with Gasteiger partial charge >= 0.3 is 0 Å². The SMILES string of the molecule is CCCC(=O)N1CC2(C1)OCC[C@H]2CCOc1cccnc1. The monoisotopic (exact) mass is 304 g/mol. The largest absolute Gasteiger partial charge is 0.492 e. The standard InChI is InChI=1S/C17H24N2O3/c1-2-4-16(20)19-12-17(13-19)14(7-10-22-17)6-9-21-15-5-3-8-18-11-15/h3,5,8,11,14H,2,4,6-7,9-10,12-13H2,1H3/t14-/m1/s1. The van der Waals surface area contributed by atoms with Crippen molar-refractivity contribution >= 4 is 5.91 Å². The van der Waals surface area contributed by atoms with Crippen LogP contribution in [0.2, 0.25) is 0 Å². The number of carbonyl (C=O) groups excluding carboxylic acids is 1. The van der Waals surface area contributed by atoms with Crippen LogP contribution >= 0.6 is 0 Å². The summed E-state index contributed by atoms with van der Waals surface area (Å²) in [4.78, 5) is 17.9. The van der Waals surface area contributed by atoms with Gasteiger partial charge in [0.1, 0.15) is 11.4 Å². The van der Waals surface area contributed by atoms with Crippen molar-refractivity contribution in [2.24, 2.45) is 5.92 Å². The molecule has 0 aromatic carbocycles. The van der Waals surface area contributed by atoms with Gasteiger partial charge in [-0.3, -0.25) is 9.78 Å². The van der Waals surface area contributed by atoms with Gasteiger partial charge in [0.25, 0.3) is 0 Å². The van der Waals surface area contributed by atoms with Crippen molar-refractivity contribution in [3.8, 4) is 5.75 Å². The fraction of sp³-hybridized carbons (Fsp3) is 0.647. The zero-order valence-corrected chi connectivity index (χ0v) is 13.2. The first kappa shape index (κ1) is 15.3. The van der Waals surface area contributed by atoms with E-state index >= 15 is 0 Å². The lowest BCUT2D eigenvalue weighted by Crippen LogP contribution is -2.66. The first-order chi connectivity index (χ1) is 10.7. The number of hydrogen-bond acceptors (Lipinski definition) is 4. The third kappa shape index (κ3) is 3.09. The third-order valence-electron chi connectivity index (χ3n) is 4.70. The number of likely N-dealkylation sites (tertiary alicyclic amines) is 1. The van der Waals surface area contributed by atoms with Crippen LogP contribution in [0.4, 0.5) is 0 Å². The molecule has 2 fully saturated rings. The summed E-state index contributed by atoms with van der Waals surface area (Å²) in [5.41, 5.74) is -0.109. The summed E-state index contributed by atoms with van der Waals surface area (Å²) in [6, 6.07) is 3.79. The number of aromatic nitrogens is 1. The predicted octanol–water partition coefficient (Wildman–Crippen LogP) is 2.27. The molecule has 0 bridgehead atoms. The Morgan fingerprint density at radius 2 is 2.41 bits per heavy atom. The van der Waals surface area contributed by atoms with E-state index in [0.29, 0.717) is 18.9 Å². The first-order valence-electron chi connectivity index (χ1n) is 8.18. The van der Waals surface area contributed by atoms with Gasteiger partial charge in [-0.15, -0.1) is 0 Å². The highest BCUT2D eigenvalue weighted by Gasteiger charge is 2.53. The molecule has 22 heavy (non-hydrogen) atoms. The van der Waals surface area contributed by atoms with Crippen molar-refractivity contribution < 1.29 is 14.3 Å². The minimum Gasteiger partial charge on any atom is -0.492 e. The Morgan fingerprint density at radius 1 is 1.55 bits per heavy atom. The molecule has 0 saturated carbocycles. The Morgan fingerprint density at radius 3 is 3.14 bits per heavy atom. The van der Waals surface area contributed by atoms with Crippen LogP contribution in [0.5, 0.6) is 5.75 Å². The van der Waals surface area contributed by atoms with Gasteiger partial charge in [-0.25, -0.2) is 0 Å². The quantitative estimate of drug-likeness (QED) is 0.809. The highest BCUT2D eigenvalue weighted by molar-refractivity contribution is 5.77. The van der Waals surface area contributed by atoms with Gasteiger partial charge in [0.2, 0.25) is 5.91 Å². The zero-order chi connectivity index (χ0) is 15.4. The Hall–Kier alpha value is -1.62. The number of amides is 1. The molecule has 1 amide bonds. The lowest BCUT2D eigenvalue weighted by molar-refractivity contribution is -0.165. The summed E-state index contributed by atoms with van der Waals surface area (Å²) >= 11 is 0. The number of carbonyl (C=O) groups is 1. The van der Waals surface area contributed by atoms with E-state index in [1.807, 2.05) is 24.0 Å². The molecule has 3 heterocycles. The van der Waals surface area contributed by atoms with E-state index in [-0.39, 0.29) is 11.5 Å². The summed E-state index contributed by atoms with van der Waals surface area (Å²) < 4.78 is 11.7. The molecule has 120 valence electrons. The van der Waals surface area contributed by atoms with E-state index in [4.69, 9.17) is 9.47 Å². The normalized spacial score (nSPS) is 22.6. The fourth-order valence-electron chi connectivity index (χ4n) is 3.44. The molecule has 1 atom stereocenters. The van der Waals surface area contributed by atoms with E-state index in [1.54, 1.807) is 12.4 Å². The van der Waals surface area contributed by atoms with E-state index in [0.717, 1.165) is 44.7 Å². The summed E-state index contributed by atoms with van der Waals surface area (Å²) in [6.45, 7) is 5.02. The lowest BCUT2D eigenvalue weighted by Gasteiger charge is -2.50. The molecule has 1 aromatic rings. The average molecular weight is 304 g/mol. The van der Waals surface area contributed by atoms with Gasteiger partial charge in [0.15, 0.2) is 0 Å². The molecule has 0 aliphatic carbocycles. The van der Waals surface area contributed by atoms with Crippen LogP contribution in [-0.4, -0.2) is 47.7 Å². The summed E-state index contributed by atoms with van der Waals surface area (Å²) in [6.07, 6.45) is 7.05. The Labute approximate surface area is 131 Å². The van der Waals surface area contributed by atoms with Crippen LogP contribution in [0, 0.1) is 5.92 Å². The predicted molar refractivity (Wildman–Crippen MR) is 82.6 cm³/mol. The van der Waals surface area contributed by atoms with Crippen LogP contribution < -0.4 is 4.74 Å². The maximum Gasteiger partial charge on any atom is 0.222 e. The second-order valence-electron chi connectivity index (χ2n) is 6.22. The second-order valence-corrected chi connectivity index (χ2v) is 6.22. The summed E-state index contributed by atoms with van der Waals surface area (Å²) in [5.74, 6) is 1.55. The molecule has 2 aliphatic heterocycles. The molecule has 0 radical (unpaired) electrons. The molecule has 3 rings (SSSR count). The number of pyridine rings is 1. The first-order valence-corrected chi connectivity index (χ1v) is 8.18. The maximum absolute atomic E-state index is 11.9. The van der Waals surface area contributed by atoms with E-state index < -0.39 is 0 Å². The van der Waals surface area contributed by atoms with Crippen molar-refractivity contribution in [1.29, 1.82) is 0 Å². The molecule has 1 spiro atoms. The highest BCUT2D eigenvalue weighted by atomic mass is 16.5. The van der Waals surface area contributed by atoms with Crippen molar-refractivity contribution in [3.05, 3.63) is 24.5 Å². The summed E-state index contributed by atoms with van der Waals surface area (Å²) in [5, 5.41) is 0. The summed E-state index contributed by atoms with van der Waals surface area (Å²) in [7, 11) is 0. The fourth-order valence-corrected chi connectivity index (χ4v) is 3.44. The molecular formula is C17H24N2O3. The topological polar surface area (TPSA) is 51.7 Å². The smallest absolute Gasteiger partial charge is 0.222 e. The number of nitrogens with zero attached hydrogens (tertiary/aromatic N) is 2. The number of rotatable bonds is 6. The zero-order valence-electron chi connectivity index (χ0n) is 13.2. The Bertz CT molecular complexity index is 500. The number of ether oxygens (including phenoxy) is 2. The van der Waals surface area contributed by atoms with Gasteiger partial charge in [0, 0.05) is 19.2 Å². The number of hydrogen-bond donors (Lipinski definition) is 0. The molecule has 0 N–H and O–H groups in total. The lowest BCUT2D eigenvalue weighted by atomic mass is 9.79. The molecule has 2 aliphatic rings. The second kappa shape index (κ2) is 6.65. The minimum absolute atomic E-state index is 0.109. The van der Waals surface area contributed by atoms with Crippen LogP contribution in [0.1, 0.15) is 32.6 Å². The highest BCUT2D eigenvalue weighted by Crippen LogP contribution is 2.41. The van der Waals surface area contributed by atoms with Crippen molar-refractivity contribution in [2.75, 3.05) is 26.3 Å². The average Bonchev–Trinajstić information content (AvgIpc) is 2.91. The molecule has 5 heteroatoms. The van der Waals surface area contributed by atoms with Crippen LogP contribution in [0.3, 0.4) is 0 Å². The van der Waals surface area contributed by atoms with Gasteiger partial charge < -0.3 is 14.4 Å². The van der Waals surface area contributed by atoms with E-state index in [9.17, 15) is 4.79 Å². The maximum atomic E-state index is 11.9. The van der Waals surface area contributed by atoms with Gasteiger partial charge in [-0.2, -0.15) is 0 Å². The van der Waals surface area contributed by atoms with Gasteiger partial charge in [0.05, 0.1) is 25.9 Å². The molecular weight excluding hydrogens is 280 g/mol. The Kier molecular flexibility index (Phi) is 4.62.